The number of rotatable bonds is 3. The van der Waals surface area contributed by atoms with E-state index >= 15 is 0 Å². The fourth-order valence-electron chi connectivity index (χ4n) is 3.01. The van der Waals surface area contributed by atoms with Crippen molar-refractivity contribution in [3.8, 4) is 11.4 Å². The summed E-state index contributed by atoms with van der Waals surface area (Å²) in [6, 6.07) is 13.0. The lowest BCUT2D eigenvalue weighted by atomic mass is 10.0. The molecule has 7 heteroatoms. The summed E-state index contributed by atoms with van der Waals surface area (Å²) in [6.07, 6.45) is 0. The third-order valence-electron chi connectivity index (χ3n) is 4.78. The fraction of sp³-hybridized carbons (Fsp3) is 0.318. The van der Waals surface area contributed by atoms with E-state index in [1.807, 2.05) is 43.3 Å². The first-order chi connectivity index (χ1) is 13.4. The summed E-state index contributed by atoms with van der Waals surface area (Å²) in [4.78, 5) is 17.8. The molecule has 1 heterocycles. The highest BCUT2D eigenvalue weighted by atomic mass is 32.2. The molecular formula is C22H25N3O3S. The highest BCUT2D eigenvalue weighted by Crippen LogP contribution is 2.24. The van der Waals surface area contributed by atoms with Crippen LogP contribution in [0.4, 0.5) is 0 Å². The van der Waals surface area contributed by atoms with E-state index in [2.05, 4.69) is 4.40 Å². The Morgan fingerprint density at radius 2 is 1.72 bits per heavy atom. The molecule has 0 bridgehead atoms. The quantitative estimate of drug-likeness (QED) is 0.613. The van der Waals surface area contributed by atoms with Crippen LogP contribution >= 0.6 is 0 Å². The largest absolute Gasteiger partial charge is 0.295 e. The Bertz CT molecular complexity index is 1280. The van der Waals surface area contributed by atoms with Crippen molar-refractivity contribution in [3.63, 3.8) is 0 Å². The maximum Gasteiger partial charge on any atom is 0.261 e. The van der Waals surface area contributed by atoms with Gasteiger partial charge in [0.1, 0.15) is 5.82 Å². The van der Waals surface area contributed by atoms with Crippen LogP contribution in [0.2, 0.25) is 0 Å². The molecule has 0 unspecified atom stereocenters. The second-order valence-electron chi connectivity index (χ2n) is 8.14. The normalized spacial score (nSPS) is 13.1. The van der Waals surface area contributed by atoms with Gasteiger partial charge in [0.05, 0.1) is 21.4 Å². The minimum Gasteiger partial charge on any atom is -0.295 e. The van der Waals surface area contributed by atoms with E-state index in [0.29, 0.717) is 28.0 Å². The van der Waals surface area contributed by atoms with Crippen molar-refractivity contribution in [1.29, 1.82) is 0 Å². The first kappa shape index (κ1) is 20.9. The standard InChI is InChI=1S/C22H25N3O3S/c1-14-12-17(15(2)24-29(27,28)22(3,4)5)19-18(13-14)21(26)25(6)20(23-19)16-10-8-7-9-11-16/h7-13H,1-6H3. The van der Waals surface area contributed by atoms with E-state index in [4.69, 9.17) is 4.98 Å². The van der Waals surface area contributed by atoms with Gasteiger partial charge in [0.25, 0.3) is 15.6 Å². The molecule has 0 aliphatic rings. The summed E-state index contributed by atoms with van der Waals surface area (Å²) in [5.41, 5.74) is 2.75. The molecule has 6 nitrogen and oxygen atoms in total. The summed E-state index contributed by atoms with van der Waals surface area (Å²) in [6.45, 7) is 8.32. The van der Waals surface area contributed by atoms with E-state index < -0.39 is 14.8 Å². The second-order valence-corrected chi connectivity index (χ2v) is 10.5. The van der Waals surface area contributed by atoms with E-state index in [9.17, 15) is 13.2 Å². The van der Waals surface area contributed by atoms with Crippen LogP contribution in [0.3, 0.4) is 0 Å². The van der Waals surface area contributed by atoms with Gasteiger partial charge >= 0.3 is 0 Å². The van der Waals surface area contributed by atoms with Gasteiger partial charge in [-0.2, -0.15) is 4.40 Å². The highest BCUT2D eigenvalue weighted by molar-refractivity contribution is 7.91. The highest BCUT2D eigenvalue weighted by Gasteiger charge is 2.29. The molecule has 0 aliphatic carbocycles. The summed E-state index contributed by atoms with van der Waals surface area (Å²) in [5, 5.41) is 0.435. The second kappa shape index (κ2) is 7.22. The van der Waals surface area contributed by atoms with Crippen molar-refractivity contribution in [2.75, 3.05) is 0 Å². The maximum absolute atomic E-state index is 13.1. The van der Waals surface area contributed by atoms with Gasteiger partial charge < -0.3 is 0 Å². The molecular weight excluding hydrogens is 386 g/mol. The van der Waals surface area contributed by atoms with Crippen LogP contribution in [0, 0.1) is 6.92 Å². The van der Waals surface area contributed by atoms with E-state index in [1.165, 1.54) is 4.57 Å². The van der Waals surface area contributed by atoms with Crippen molar-refractivity contribution < 1.29 is 8.42 Å². The molecule has 29 heavy (non-hydrogen) atoms. The zero-order chi connectivity index (χ0) is 21.6. The van der Waals surface area contributed by atoms with Crippen LogP contribution in [-0.2, 0) is 17.1 Å². The molecule has 0 radical (unpaired) electrons. The van der Waals surface area contributed by atoms with Crippen molar-refractivity contribution in [2.24, 2.45) is 11.4 Å². The van der Waals surface area contributed by atoms with Crippen LogP contribution in [0.25, 0.3) is 22.3 Å². The topological polar surface area (TPSA) is 81.4 Å². The minimum atomic E-state index is -3.73. The van der Waals surface area contributed by atoms with Gasteiger partial charge in [-0.3, -0.25) is 9.36 Å². The minimum absolute atomic E-state index is 0.190. The number of benzene rings is 2. The number of aromatic nitrogens is 2. The van der Waals surface area contributed by atoms with Gasteiger partial charge in [-0.25, -0.2) is 13.4 Å². The monoisotopic (exact) mass is 411 g/mol. The molecule has 1 aromatic heterocycles. The molecule has 0 aliphatic heterocycles. The Kier molecular flexibility index (Phi) is 5.21. The molecule has 152 valence electrons. The van der Waals surface area contributed by atoms with Gasteiger partial charge in [0, 0.05) is 18.2 Å². The summed E-state index contributed by atoms with van der Waals surface area (Å²) >= 11 is 0. The number of fused-ring (bicyclic) bond motifs is 1. The predicted octanol–water partition coefficient (Wildman–Crippen LogP) is 3.85. The van der Waals surface area contributed by atoms with E-state index in [-0.39, 0.29) is 5.56 Å². The maximum atomic E-state index is 13.1. The first-order valence-corrected chi connectivity index (χ1v) is 10.7. The molecule has 2 aromatic carbocycles. The van der Waals surface area contributed by atoms with Crippen LogP contribution in [-0.4, -0.2) is 28.4 Å². The Morgan fingerprint density at radius 1 is 1.10 bits per heavy atom. The van der Waals surface area contributed by atoms with Crippen LogP contribution in [0.1, 0.15) is 38.8 Å². The smallest absolute Gasteiger partial charge is 0.261 e. The first-order valence-electron chi connectivity index (χ1n) is 9.30. The van der Waals surface area contributed by atoms with Gasteiger partial charge in [-0.15, -0.1) is 0 Å². The zero-order valence-electron chi connectivity index (χ0n) is 17.5. The van der Waals surface area contributed by atoms with Gasteiger partial charge in [0.15, 0.2) is 0 Å². The number of aryl methyl sites for hydroxylation is 1. The molecule has 0 atom stereocenters. The predicted molar refractivity (Wildman–Crippen MR) is 118 cm³/mol. The number of sulfonamides is 1. The molecule has 3 rings (SSSR count). The van der Waals surface area contributed by atoms with Gasteiger partial charge in [-0.1, -0.05) is 30.3 Å². The Morgan fingerprint density at radius 3 is 2.31 bits per heavy atom. The molecule has 0 amide bonds. The molecule has 0 spiro atoms. The lowest BCUT2D eigenvalue weighted by Gasteiger charge is -2.17. The summed E-state index contributed by atoms with van der Waals surface area (Å²) in [7, 11) is -2.05. The Labute approximate surface area is 171 Å². The van der Waals surface area contributed by atoms with E-state index in [0.717, 1.165) is 11.1 Å². The zero-order valence-corrected chi connectivity index (χ0v) is 18.3. The number of nitrogens with zero attached hydrogens (tertiary/aromatic N) is 3. The SMILES string of the molecule is CC(=NS(=O)(=O)C(C)(C)C)c1cc(C)cc2c(=O)n(C)c(-c3ccccc3)nc12. The number of hydrogen-bond acceptors (Lipinski definition) is 4. The van der Waals surface area contributed by atoms with Crippen molar-refractivity contribution in [3.05, 3.63) is 63.9 Å². The Balaban J connectivity index is 2.37. The lowest BCUT2D eigenvalue weighted by Crippen LogP contribution is -2.27. The average molecular weight is 412 g/mol. The van der Waals surface area contributed by atoms with Gasteiger partial charge in [-0.05, 0) is 52.3 Å². The van der Waals surface area contributed by atoms with E-state index in [1.54, 1.807) is 40.8 Å². The van der Waals surface area contributed by atoms with Gasteiger partial charge in [0.2, 0.25) is 0 Å². The summed E-state index contributed by atoms with van der Waals surface area (Å²) < 4.78 is 29.7. The molecule has 0 saturated carbocycles. The fourth-order valence-corrected chi connectivity index (χ4v) is 3.74. The van der Waals surface area contributed by atoms with Crippen LogP contribution in [0.15, 0.2) is 51.7 Å². The summed E-state index contributed by atoms with van der Waals surface area (Å²) in [5.74, 6) is 0.514. The van der Waals surface area contributed by atoms with Crippen molar-refractivity contribution in [1.82, 2.24) is 9.55 Å². The molecule has 0 N–H and O–H groups in total. The van der Waals surface area contributed by atoms with Crippen molar-refractivity contribution in [2.45, 2.75) is 39.4 Å². The van der Waals surface area contributed by atoms with Crippen molar-refractivity contribution >= 4 is 26.6 Å². The molecule has 3 aromatic rings. The third kappa shape index (κ3) is 3.87. The number of hydrogen-bond donors (Lipinski definition) is 0. The average Bonchev–Trinajstić information content (AvgIpc) is 2.64. The van der Waals surface area contributed by atoms with Crippen LogP contribution in [0.5, 0.6) is 0 Å². The molecule has 0 fully saturated rings. The molecule has 0 saturated heterocycles. The lowest BCUT2D eigenvalue weighted by molar-refractivity contribution is 0.562. The van der Waals surface area contributed by atoms with Crippen LogP contribution < -0.4 is 5.56 Å². The Hall–Kier alpha value is -2.80. The third-order valence-corrected chi connectivity index (χ3v) is 6.84.